The molecule has 0 bridgehead atoms. The van der Waals surface area contributed by atoms with Crippen LogP contribution in [0.25, 0.3) is 11.0 Å². The minimum absolute atomic E-state index is 0.0158. The second-order valence-corrected chi connectivity index (χ2v) is 7.72. The van der Waals surface area contributed by atoms with Crippen LogP contribution in [0, 0.1) is 6.92 Å². The lowest BCUT2D eigenvalue weighted by atomic mass is 10.1. The highest BCUT2D eigenvalue weighted by atomic mass is 19.4. The van der Waals surface area contributed by atoms with Crippen LogP contribution < -0.4 is 21.3 Å². The Bertz CT molecular complexity index is 1540. The average Bonchev–Trinajstić information content (AvgIpc) is 2.81. The SMILES string of the molecule is COc1ccc(Cn2c(=O)[nH]c(=O)c3cc(C(=O)Nc4cccc(C(F)(F)F)c4)c(C)nc32)cc1. The molecule has 0 saturated carbocycles. The van der Waals surface area contributed by atoms with Gasteiger partial charge in [-0.15, -0.1) is 0 Å². The van der Waals surface area contributed by atoms with Crippen LogP contribution in [0.4, 0.5) is 18.9 Å². The van der Waals surface area contributed by atoms with E-state index >= 15 is 0 Å². The maximum Gasteiger partial charge on any atom is 0.416 e. The second kappa shape index (κ2) is 9.09. The first-order chi connectivity index (χ1) is 16.6. The number of carbonyl (C=O) groups is 1. The molecule has 0 radical (unpaired) electrons. The van der Waals surface area contributed by atoms with Crippen LogP contribution in [-0.4, -0.2) is 27.6 Å². The number of methoxy groups -OCH3 is 1. The second-order valence-electron chi connectivity index (χ2n) is 7.72. The number of pyridine rings is 1. The normalized spacial score (nSPS) is 11.5. The number of aromatic nitrogens is 3. The van der Waals surface area contributed by atoms with Crippen molar-refractivity contribution < 1.29 is 22.7 Å². The zero-order chi connectivity index (χ0) is 25.3. The summed E-state index contributed by atoms with van der Waals surface area (Å²) in [6, 6.07) is 12.4. The van der Waals surface area contributed by atoms with Gasteiger partial charge in [0.25, 0.3) is 11.5 Å². The molecule has 0 aliphatic carbocycles. The van der Waals surface area contributed by atoms with E-state index in [-0.39, 0.29) is 34.5 Å². The summed E-state index contributed by atoms with van der Waals surface area (Å²) in [6.45, 7) is 1.60. The summed E-state index contributed by atoms with van der Waals surface area (Å²) in [7, 11) is 1.53. The standard InChI is InChI=1S/C24H19F3N4O4/c1-13-18(21(32)29-16-5-3-4-15(10-16)24(25,26)27)11-19-20(28-13)31(23(34)30-22(19)33)12-14-6-8-17(35-2)9-7-14/h3-11H,12H2,1-2H3,(H,29,32)(H,30,33,34). The lowest BCUT2D eigenvalue weighted by molar-refractivity contribution is -0.137. The Labute approximate surface area is 196 Å². The predicted molar refractivity (Wildman–Crippen MR) is 123 cm³/mol. The van der Waals surface area contributed by atoms with E-state index < -0.39 is 28.9 Å². The molecule has 0 fully saturated rings. The van der Waals surface area contributed by atoms with Gasteiger partial charge in [0.05, 0.1) is 35.9 Å². The van der Waals surface area contributed by atoms with Gasteiger partial charge in [-0.1, -0.05) is 18.2 Å². The van der Waals surface area contributed by atoms with Crippen molar-refractivity contribution in [2.75, 3.05) is 12.4 Å². The van der Waals surface area contributed by atoms with Crippen LogP contribution in [0.3, 0.4) is 0 Å². The molecule has 2 aromatic heterocycles. The molecule has 35 heavy (non-hydrogen) atoms. The molecule has 1 amide bonds. The van der Waals surface area contributed by atoms with Gasteiger partial charge in [-0.2, -0.15) is 13.2 Å². The molecule has 11 heteroatoms. The van der Waals surface area contributed by atoms with Crippen molar-refractivity contribution in [3.63, 3.8) is 0 Å². The van der Waals surface area contributed by atoms with Crippen LogP contribution in [0.1, 0.15) is 27.2 Å². The van der Waals surface area contributed by atoms with Gasteiger partial charge < -0.3 is 10.1 Å². The Morgan fingerprint density at radius 1 is 1.11 bits per heavy atom. The van der Waals surface area contributed by atoms with Crippen LogP contribution in [-0.2, 0) is 12.7 Å². The van der Waals surface area contributed by atoms with Gasteiger partial charge in [-0.05, 0) is 48.9 Å². The van der Waals surface area contributed by atoms with E-state index in [1.54, 1.807) is 24.3 Å². The molecule has 8 nitrogen and oxygen atoms in total. The lowest BCUT2D eigenvalue weighted by Crippen LogP contribution is -2.32. The molecule has 0 saturated heterocycles. The highest BCUT2D eigenvalue weighted by Gasteiger charge is 2.30. The first-order valence-electron chi connectivity index (χ1n) is 10.3. The van der Waals surface area contributed by atoms with Crippen molar-refractivity contribution in [3.05, 3.63) is 97.8 Å². The zero-order valence-corrected chi connectivity index (χ0v) is 18.6. The number of halogens is 3. The summed E-state index contributed by atoms with van der Waals surface area (Å²) >= 11 is 0. The number of hydrogen-bond donors (Lipinski definition) is 2. The molecule has 4 rings (SSSR count). The number of ether oxygens (including phenoxy) is 1. The van der Waals surface area contributed by atoms with Gasteiger partial charge in [-0.25, -0.2) is 9.78 Å². The van der Waals surface area contributed by atoms with Crippen molar-refractivity contribution >= 4 is 22.6 Å². The fourth-order valence-corrected chi connectivity index (χ4v) is 3.56. The zero-order valence-electron chi connectivity index (χ0n) is 18.6. The highest BCUT2D eigenvalue weighted by Crippen LogP contribution is 2.30. The number of anilines is 1. The maximum atomic E-state index is 13.0. The first-order valence-corrected chi connectivity index (χ1v) is 10.3. The molecular formula is C24H19F3N4O4. The van der Waals surface area contributed by atoms with Crippen molar-refractivity contribution in [1.29, 1.82) is 0 Å². The summed E-state index contributed by atoms with van der Waals surface area (Å²) in [5.41, 5.74) is -1.41. The lowest BCUT2D eigenvalue weighted by Gasteiger charge is -2.13. The van der Waals surface area contributed by atoms with Crippen LogP contribution in [0.2, 0.25) is 0 Å². The van der Waals surface area contributed by atoms with Crippen LogP contribution >= 0.6 is 0 Å². The molecule has 0 atom stereocenters. The molecule has 0 unspecified atom stereocenters. The minimum Gasteiger partial charge on any atom is -0.497 e. The molecule has 0 spiro atoms. The molecule has 0 aliphatic rings. The van der Waals surface area contributed by atoms with Crippen molar-refractivity contribution in [3.8, 4) is 5.75 Å². The third-order valence-electron chi connectivity index (χ3n) is 5.35. The predicted octanol–water partition coefficient (Wildman–Crippen LogP) is 3.72. The Kier molecular flexibility index (Phi) is 6.16. The smallest absolute Gasteiger partial charge is 0.416 e. The molecule has 2 N–H and O–H groups in total. The number of rotatable bonds is 5. The largest absolute Gasteiger partial charge is 0.497 e. The molecule has 0 aliphatic heterocycles. The molecule has 2 heterocycles. The number of aryl methyl sites for hydroxylation is 1. The maximum absolute atomic E-state index is 13.0. The van der Waals surface area contributed by atoms with E-state index in [0.29, 0.717) is 5.75 Å². The summed E-state index contributed by atoms with van der Waals surface area (Å²) in [4.78, 5) is 44.4. The van der Waals surface area contributed by atoms with Gasteiger partial charge in [0.15, 0.2) is 0 Å². The van der Waals surface area contributed by atoms with E-state index in [0.717, 1.165) is 17.7 Å². The Hall–Kier alpha value is -4.41. The third kappa shape index (κ3) is 4.93. The number of H-pyrrole nitrogens is 1. The highest BCUT2D eigenvalue weighted by molar-refractivity contribution is 6.06. The number of nitrogens with zero attached hydrogens (tertiary/aromatic N) is 2. The van der Waals surface area contributed by atoms with E-state index in [2.05, 4.69) is 15.3 Å². The Balaban J connectivity index is 1.72. The van der Waals surface area contributed by atoms with Crippen LogP contribution in [0.15, 0.2) is 64.2 Å². The average molecular weight is 484 g/mol. The van der Waals surface area contributed by atoms with Gasteiger partial charge in [0.2, 0.25) is 0 Å². The first kappa shape index (κ1) is 23.7. The van der Waals surface area contributed by atoms with Gasteiger partial charge in [0.1, 0.15) is 11.4 Å². The number of alkyl halides is 3. The topological polar surface area (TPSA) is 106 Å². The molecule has 180 valence electrons. The fourth-order valence-electron chi connectivity index (χ4n) is 3.56. The minimum atomic E-state index is -4.57. The van der Waals surface area contributed by atoms with E-state index in [4.69, 9.17) is 4.74 Å². The third-order valence-corrected chi connectivity index (χ3v) is 5.35. The number of hydrogen-bond acceptors (Lipinski definition) is 5. The van der Waals surface area contributed by atoms with E-state index in [1.165, 1.54) is 36.8 Å². The summed E-state index contributed by atoms with van der Waals surface area (Å²) < 4.78 is 45.3. The number of fused-ring (bicyclic) bond motifs is 1. The fraction of sp³-hybridized carbons (Fsp3) is 0.167. The summed E-state index contributed by atoms with van der Waals surface area (Å²) in [6.07, 6.45) is -4.57. The monoisotopic (exact) mass is 484 g/mol. The summed E-state index contributed by atoms with van der Waals surface area (Å²) in [5.74, 6) is -0.110. The summed E-state index contributed by atoms with van der Waals surface area (Å²) in [5, 5.41) is 2.38. The number of carbonyl (C=O) groups excluding carboxylic acids is 1. The number of benzene rings is 2. The number of nitrogens with one attached hydrogen (secondary N) is 2. The van der Waals surface area contributed by atoms with E-state index in [9.17, 15) is 27.6 Å². The number of aromatic amines is 1. The quantitative estimate of drug-likeness (QED) is 0.449. The molecule has 4 aromatic rings. The van der Waals surface area contributed by atoms with Gasteiger partial charge in [-0.3, -0.25) is 19.1 Å². The van der Waals surface area contributed by atoms with E-state index in [1.807, 2.05) is 0 Å². The van der Waals surface area contributed by atoms with Gasteiger partial charge >= 0.3 is 11.9 Å². The number of amides is 1. The van der Waals surface area contributed by atoms with Crippen molar-refractivity contribution in [2.24, 2.45) is 0 Å². The van der Waals surface area contributed by atoms with Gasteiger partial charge in [0, 0.05) is 5.69 Å². The molecule has 2 aromatic carbocycles. The molecular weight excluding hydrogens is 465 g/mol. The van der Waals surface area contributed by atoms with Crippen LogP contribution in [0.5, 0.6) is 5.75 Å². The Morgan fingerprint density at radius 2 is 1.83 bits per heavy atom. The Morgan fingerprint density at radius 3 is 2.49 bits per heavy atom. The van der Waals surface area contributed by atoms with Crippen molar-refractivity contribution in [1.82, 2.24) is 14.5 Å². The van der Waals surface area contributed by atoms with Crippen molar-refractivity contribution in [2.45, 2.75) is 19.6 Å².